The van der Waals surface area contributed by atoms with Crippen molar-refractivity contribution in [3.05, 3.63) is 11.5 Å². The summed E-state index contributed by atoms with van der Waals surface area (Å²) in [7, 11) is 3.18. The molecule has 1 aromatic rings. The highest BCUT2D eigenvalue weighted by Crippen LogP contribution is 2.22. The zero-order valence-electron chi connectivity index (χ0n) is 10.3. The molecule has 94 valence electrons. The Hall–Kier alpha value is -2.05. The third-order valence-corrected chi connectivity index (χ3v) is 2.24. The second-order valence-electron chi connectivity index (χ2n) is 3.66. The zero-order valence-corrected chi connectivity index (χ0v) is 10.3. The first-order chi connectivity index (χ1) is 7.95. The molecule has 0 atom stereocenters. The number of carbonyl (C=O) groups is 2. The van der Waals surface area contributed by atoms with Gasteiger partial charge in [0.25, 0.3) is 0 Å². The standard InChI is InChI=1S/C10H16N4O3/c1-6-9(7(2)17-13-6)14(4)5-8(15)12-10(16)11-3/h5H2,1-4H3,(H2,11,12,15,16). The molecule has 0 aliphatic rings. The van der Waals surface area contributed by atoms with Crippen molar-refractivity contribution in [3.8, 4) is 0 Å². The van der Waals surface area contributed by atoms with Crippen LogP contribution in [0.1, 0.15) is 11.5 Å². The molecular weight excluding hydrogens is 224 g/mol. The monoisotopic (exact) mass is 240 g/mol. The maximum absolute atomic E-state index is 11.5. The summed E-state index contributed by atoms with van der Waals surface area (Å²) < 4.78 is 5.00. The number of amides is 3. The van der Waals surface area contributed by atoms with Crippen LogP contribution in [-0.2, 0) is 4.79 Å². The molecule has 1 aromatic heterocycles. The van der Waals surface area contributed by atoms with E-state index >= 15 is 0 Å². The Balaban J connectivity index is 2.64. The lowest BCUT2D eigenvalue weighted by Crippen LogP contribution is -2.42. The van der Waals surface area contributed by atoms with Crippen LogP contribution in [0.3, 0.4) is 0 Å². The van der Waals surface area contributed by atoms with Gasteiger partial charge in [-0.05, 0) is 13.8 Å². The van der Waals surface area contributed by atoms with E-state index in [0.29, 0.717) is 11.5 Å². The summed E-state index contributed by atoms with van der Waals surface area (Å²) in [5.41, 5.74) is 1.47. The van der Waals surface area contributed by atoms with E-state index in [9.17, 15) is 9.59 Å². The van der Waals surface area contributed by atoms with Crippen molar-refractivity contribution in [2.45, 2.75) is 13.8 Å². The minimum atomic E-state index is -0.526. The van der Waals surface area contributed by atoms with Crippen LogP contribution in [0.25, 0.3) is 0 Å². The van der Waals surface area contributed by atoms with Crippen molar-refractivity contribution in [2.24, 2.45) is 0 Å². The van der Waals surface area contributed by atoms with Crippen molar-refractivity contribution in [1.29, 1.82) is 0 Å². The molecule has 1 heterocycles. The Bertz CT molecular complexity index is 408. The SMILES string of the molecule is CNC(=O)NC(=O)CN(C)c1c(C)noc1C. The summed E-state index contributed by atoms with van der Waals surface area (Å²) in [5.74, 6) is 0.240. The number of imide groups is 1. The molecule has 1 rings (SSSR count). The molecule has 0 aromatic carbocycles. The van der Waals surface area contributed by atoms with Crippen LogP contribution < -0.4 is 15.5 Å². The Morgan fingerprint density at radius 3 is 2.53 bits per heavy atom. The van der Waals surface area contributed by atoms with E-state index in [1.165, 1.54) is 7.05 Å². The van der Waals surface area contributed by atoms with Gasteiger partial charge in [-0.2, -0.15) is 0 Å². The van der Waals surface area contributed by atoms with Gasteiger partial charge >= 0.3 is 6.03 Å². The molecule has 0 unspecified atom stereocenters. The van der Waals surface area contributed by atoms with E-state index in [2.05, 4.69) is 15.8 Å². The normalized spacial score (nSPS) is 9.88. The average Bonchev–Trinajstić information content (AvgIpc) is 2.57. The van der Waals surface area contributed by atoms with Crippen molar-refractivity contribution in [3.63, 3.8) is 0 Å². The van der Waals surface area contributed by atoms with Gasteiger partial charge in [-0.1, -0.05) is 5.16 Å². The third kappa shape index (κ3) is 3.20. The summed E-state index contributed by atoms with van der Waals surface area (Å²) >= 11 is 0. The van der Waals surface area contributed by atoms with E-state index in [0.717, 1.165) is 5.69 Å². The molecule has 0 radical (unpaired) electrons. The predicted octanol–water partition coefficient (Wildman–Crippen LogP) is 0.183. The predicted molar refractivity (Wildman–Crippen MR) is 61.8 cm³/mol. The smallest absolute Gasteiger partial charge is 0.321 e. The van der Waals surface area contributed by atoms with Crippen molar-refractivity contribution in [2.75, 3.05) is 25.5 Å². The number of nitrogens with zero attached hydrogens (tertiary/aromatic N) is 2. The minimum absolute atomic E-state index is 0.0519. The van der Waals surface area contributed by atoms with Crippen LogP contribution in [0.5, 0.6) is 0 Å². The summed E-state index contributed by atoms with van der Waals surface area (Å²) in [6.45, 7) is 3.61. The average molecular weight is 240 g/mol. The Morgan fingerprint density at radius 2 is 2.06 bits per heavy atom. The van der Waals surface area contributed by atoms with Crippen LogP contribution >= 0.6 is 0 Å². The molecule has 0 saturated carbocycles. The van der Waals surface area contributed by atoms with Gasteiger partial charge in [0, 0.05) is 14.1 Å². The number of aromatic nitrogens is 1. The molecule has 0 bridgehead atoms. The van der Waals surface area contributed by atoms with Gasteiger partial charge in [0.1, 0.15) is 11.4 Å². The number of likely N-dealkylation sites (N-methyl/N-ethyl adjacent to an activating group) is 1. The van der Waals surface area contributed by atoms with Crippen molar-refractivity contribution in [1.82, 2.24) is 15.8 Å². The summed E-state index contributed by atoms with van der Waals surface area (Å²) in [6, 6.07) is -0.526. The summed E-state index contributed by atoms with van der Waals surface area (Å²) in [6.07, 6.45) is 0. The van der Waals surface area contributed by atoms with Crippen LogP contribution in [0, 0.1) is 13.8 Å². The number of urea groups is 1. The second kappa shape index (κ2) is 5.33. The summed E-state index contributed by atoms with van der Waals surface area (Å²) in [4.78, 5) is 24.1. The molecule has 0 aliphatic carbocycles. The number of carbonyl (C=O) groups excluding carboxylic acids is 2. The maximum Gasteiger partial charge on any atom is 0.321 e. The van der Waals surface area contributed by atoms with Gasteiger partial charge in [0.05, 0.1) is 6.54 Å². The molecule has 7 heteroatoms. The van der Waals surface area contributed by atoms with Gasteiger partial charge < -0.3 is 14.7 Å². The highest BCUT2D eigenvalue weighted by Gasteiger charge is 2.16. The number of anilines is 1. The lowest BCUT2D eigenvalue weighted by Gasteiger charge is -2.17. The first kappa shape index (κ1) is 13.0. The lowest BCUT2D eigenvalue weighted by molar-refractivity contribution is -0.118. The topological polar surface area (TPSA) is 87.5 Å². The second-order valence-corrected chi connectivity index (χ2v) is 3.66. The number of nitrogens with one attached hydrogen (secondary N) is 2. The van der Waals surface area contributed by atoms with E-state index in [1.807, 2.05) is 0 Å². The van der Waals surface area contributed by atoms with E-state index in [4.69, 9.17) is 4.52 Å². The molecule has 2 N–H and O–H groups in total. The molecule has 3 amide bonds. The minimum Gasteiger partial charge on any atom is -0.361 e. The summed E-state index contributed by atoms with van der Waals surface area (Å²) in [5, 5.41) is 8.28. The molecule has 17 heavy (non-hydrogen) atoms. The number of rotatable bonds is 3. The van der Waals surface area contributed by atoms with Crippen LogP contribution in [0.4, 0.5) is 10.5 Å². The van der Waals surface area contributed by atoms with Gasteiger partial charge in [-0.15, -0.1) is 0 Å². The highest BCUT2D eigenvalue weighted by atomic mass is 16.5. The Labute approximate surface area is 99.1 Å². The van der Waals surface area contributed by atoms with E-state index in [1.54, 1.807) is 25.8 Å². The lowest BCUT2D eigenvalue weighted by atomic mass is 10.3. The van der Waals surface area contributed by atoms with Gasteiger partial charge in [-0.3, -0.25) is 10.1 Å². The van der Waals surface area contributed by atoms with Crippen molar-refractivity contribution < 1.29 is 14.1 Å². The molecular formula is C10H16N4O3. The number of hydrogen-bond acceptors (Lipinski definition) is 5. The quantitative estimate of drug-likeness (QED) is 0.787. The van der Waals surface area contributed by atoms with Gasteiger partial charge in [-0.25, -0.2) is 4.79 Å². The molecule has 7 nitrogen and oxygen atoms in total. The maximum atomic E-state index is 11.5. The highest BCUT2D eigenvalue weighted by molar-refractivity contribution is 5.96. The fourth-order valence-electron chi connectivity index (χ4n) is 1.55. The third-order valence-electron chi connectivity index (χ3n) is 2.24. The van der Waals surface area contributed by atoms with E-state index in [-0.39, 0.29) is 6.54 Å². The fourth-order valence-corrected chi connectivity index (χ4v) is 1.55. The van der Waals surface area contributed by atoms with Gasteiger partial charge in [0.2, 0.25) is 5.91 Å². The largest absolute Gasteiger partial charge is 0.361 e. The van der Waals surface area contributed by atoms with E-state index < -0.39 is 11.9 Å². The van der Waals surface area contributed by atoms with Crippen LogP contribution in [0.2, 0.25) is 0 Å². The Kier molecular flexibility index (Phi) is 4.08. The Morgan fingerprint density at radius 1 is 1.41 bits per heavy atom. The van der Waals surface area contributed by atoms with Crippen molar-refractivity contribution >= 4 is 17.6 Å². The molecule has 0 saturated heterocycles. The first-order valence-electron chi connectivity index (χ1n) is 5.11. The van der Waals surface area contributed by atoms with Crippen LogP contribution in [0.15, 0.2) is 4.52 Å². The fraction of sp³-hybridized carbons (Fsp3) is 0.500. The molecule has 0 aliphatic heterocycles. The zero-order chi connectivity index (χ0) is 13.0. The number of aryl methyl sites for hydroxylation is 2. The first-order valence-corrected chi connectivity index (χ1v) is 5.11. The molecule has 0 spiro atoms. The van der Waals surface area contributed by atoms with Crippen LogP contribution in [-0.4, -0.2) is 37.7 Å². The molecule has 0 fully saturated rings. The number of hydrogen-bond donors (Lipinski definition) is 2. The van der Waals surface area contributed by atoms with Gasteiger partial charge in [0.15, 0.2) is 5.76 Å².